The van der Waals surface area contributed by atoms with E-state index < -0.39 is 14.5 Å². The van der Waals surface area contributed by atoms with E-state index in [-0.39, 0.29) is 40.8 Å². The lowest BCUT2D eigenvalue weighted by Crippen LogP contribution is -2.62. The number of hydrogen-bond donors (Lipinski definition) is 2. The molecule has 148 valence electrons. The van der Waals surface area contributed by atoms with E-state index in [1.807, 2.05) is 6.92 Å². The fourth-order valence-electron chi connectivity index (χ4n) is 3.30. The predicted octanol–water partition coefficient (Wildman–Crippen LogP) is 3.39. The summed E-state index contributed by atoms with van der Waals surface area (Å²) in [6, 6.07) is 0. The second-order valence-corrected chi connectivity index (χ2v) is 14.0. The molecule has 2 aliphatic rings. The Morgan fingerprint density at radius 2 is 1.96 bits per heavy atom. The van der Waals surface area contributed by atoms with Gasteiger partial charge in [-0.25, -0.2) is 4.79 Å². The van der Waals surface area contributed by atoms with Crippen molar-refractivity contribution in [1.82, 2.24) is 4.90 Å². The lowest BCUT2D eigenvalue weighted by atomic mass is 9.93. The van der Waals surface area contributed by atoms with Gasteiger partial charge in [0.25, 0.3) is 0 Å². The maximum Gasteiger partial charge on any atom is 0.512 e. The van der Waals surface area contributed by atoms with Gasteiger partial charge in [-0.1, -0.05) is 39.5 Å². The van der Waals surface area contributed by atoms with Crippen LogP contribution in [0.2, 0.25) is 18.1 Å². The molecule has 0 spiro atoms. The first-order valence-corrected chi connectivity index (χ1v) is 12.7. The molecule has 1 amide bonds. The zero-order valence-electron chi connectivity index (χ0n) is 16.5. The number of thioether (sulfide) groups is 1. The molecule has 0 aliphatic carbocycles. The van der Waals surface area contributed by atoms with Crippen molar-refractivity contribution in [3.8, 4) is 0 Å². The number of ether oxygens (including phenoxy) is 1. The molecule has 3 N–H and O–H groups in total. The van der Waals surface area contributed by atoms with Crippen LogP contribution in [0.1, 0.15) is 34.6 Å². The molecule has 7 nitrogen and oxygen atoms in total. The van der Waals surface area contributed by atoms with Crippen LogP contribution < -0.4 is 5.73 Å². The Kier molecular flexibility index (Phi) is 5.87. The molecule has 0 radical (unpaired) electrons. The van der Waals surface area contributed by atoms with Crippen LogP contribution in [0.25, 0.3) is 0 Å². The highest BCUT2D eigenvalue weighted by Gasteiger charge is 2.59. The highest BCUT2D eigenvalue weighted by atomic mass is 32.2. The zero-order valence-corrected chi connectivity index (χ0v) is 18.3. The first-order valence-electron chi connectivity index (χ1n) is 8.86. The van der Waals surface area contributed by atoms with E-state index in [1.54, 1.807) is 0 Å². The summed E-state index contributed by atoms with van der Waals surface area (Å²) in [6.07, 6.45) is -1.70. The van der Waals surface area contributed by atoms with E-state index >= 15 is 0 Å². The Hall–Kier alpha value is -1.03. The summed E-state index contributed by atoms with van der Waals surface area (Å²) in [6.45, 7) is 15.3. The number of amides is 1. The van der Waals surface area contributed by atoms with E-state index in [2.05, 4.69) is 40.8 Å². The molecule has 0 aromatic heterocycles. The van der Waals surface area contributed by atoms with Crippen molar-refractivity contribution in [2.45, 2.75) is 64.2 Å². The molecule has 2 aliphatic heterocycles. The third-order valence-corrected chi connectivity index (χ3v) is 12.2. The number of β-lactam (4-membered cyclic amide) rings is 1. The number of carbonyl (C=O) groups excluding carboxylic acids is 1. The molecular formula is C17H30N2O5SSi. The minimum absolute atomic E-state index is 0.0504. The van der Waals surface area contributed by atoms with Crippen molar-refractivity contribution in [3.63, 3.8) is 0 Å². The van der Waals surface area contributed by atoms with Gasteiger partial charge in [-0.2, -0.15) is 0 Å². The third-order valence-electron chi connectivity index (χ3n) is 6.16. The van der Waals surface area contributed by atoms with Gasteiger partial charge in [0.15, 0.2) is 8.32 Å². The highest BCUT2D eigenvalue weighted by Crippen LogP contribution is 2.52. The second-order valence-electron chi connectivity index (χ2n) is 8.25. The van der Waals surface area contributed by atoms with Crippen LogP contribution in [0.5, 0.6) is 0 Å². The number of fused-ring (bicyclic) bond motifs is 1. The average molecular weight is 403 g/mol. The second kappa shape index (κ2) is 7.18. The van der Waals surface area contributed by atoms with Crippen molar-refractivity contribution in [3.05, 3.63) is 10.8 Å². The first-order chi connectivity index (χ1) is 11.8. The molecule has 1 fully saturated rings. The van der Waals surface area contributed by atoms with Crippen molar-refractivity contribution in [2.24, 2.45) is 17.6 Å². The van der Waals surface area contributed by atoms with Crippen molar-refractivity contribution in [1.29, 1.82) is 0 Å². The van der Waals surface area contributed by atoms with E-state index in [1.165, 1.54) is 16.7 Å². The van der Waals surface area contributed by atoms with E-state index in [4.69, 9.17) is 20.0 Å². The number of nitrogens with zero attached hydrogens (tertiary/aromatic N) is 1. The highest BCUT2D eigenvalue weighted by molar-refractivity contribution is 8.04. The van der Waals surface area contributed by atoms with E-state index in [9.17, 15) is 9.59 Å². The van der Waals surface area contributed by atoms with Gasteiger partial charge in [0.1, 0.15) is 5.37 Å². The molecule has 26 heavy (non-hydrogen) atoms. The molecule has 0 bridgehead atoms. The van der Waals surface area contributed by atoms with Crippen LogP contribution in [0.15, 0.2) is 10.8 Å². The van der Waals surface area contributed by atoms with Gasteiger partial charge in [-0.15, -0.1) is 0 Å². The van der Waals surface area contributed by atoms with Crippen LogP contribution in [-0.2, 0) is 14.0 Å². The molecule has 0 aromatic carbocycles. The Morgan fingerprint density at radius 1 is 1.38 bits per heavy atom. The topological polar surface area (TPSA) is 102 Å². The number of carbonyl (C=O) groups is 2. The lowest BCUT2D eigenvalue weighted by molar-refractivity contribution is -0.155. The smallest absolute Gasteiger partial charge is 0.449 e. The first kappa shape index (κ1) is 21.3. The molecule has 0 aromatic rings. The molecule has 0 saturated carbocycles. The summed E-state index contributed by atoms with van der Waals surface area (Å²) in [5.41, 5.74) is 5.70. The molecule has 3 atom stereocenters. The molecular weight excluding hydrogens is 372 g/mol. The number of rotatable bonds is 7. The number of hydrogen-bond acceptors (Lipinski definition) is 6. The molecule has 2 heterocycles. The van der Waals surface area contributed by atoms with E-state index in [0.717, 1.165) is 0 Å². The number of nitrogens with two attached hydrogens (primary N) is 1. The van der Waals surface area contributed by atoms with Gasteiger partial charge in [0.2, 0.25) is 11.8 Å². The van der Waals surface area contributed by atoms with Gasteiger partial charge in [0.05, 0.1) is 16.9 Å². The van der Waals surface area contributed by atoms with Crippen LogP contribution in [0.3, 0.4) is 0 Å². The van der Waals surface area contributed by atoms with Crippen LogP contribution >= 0.6 is 11.8 Å². The summed E-state index contributed by atoms with van der Waals surface area (Å²) >= 11 is 1.40. The van der Waals surface area contributed by atoms with Crippen LogP contribution in [0.4, 0.5) is 4.79 Å². The minimum atomic E-state index is -2.09. The Morgan fingerprint density at radius 3 is 2.42 bits per heavy atom. The fourth-order valence-corrected chi connectivity index (χ4v) is 7.49. The van der Waals surface area contributed by atoms with Gasteiger partial charge in [0, 0.05) is 6.54 Å². The standard InChI is InChI=1S/C17H30N2O5SSi/c1-9(2)17(4,5)26(6,7)24-10(3)12-13(20)19-14(23-16(21)22)11(8-18)25-15(12)19/h9-10,12,15H,8,18H2,1-7H3,(H,21,22)/t10-,12+,15-/m1/s1. The maximum absolute atomic E-state index is 12.7. The Bertz CT molecular complexity index is 635. The van der Waals surface area contributed by atoms with Crippen molar-refractivity contribution >= 4 is 32.1 Å². The third kappa shape index (κ3) is 3.42. The predicted molar refractivity (Wildman–Crippen MR) is 104 cm³/mol. The monoisotopic (exact) mass is 402 g/mol. The summed E-state index contributed by atoms with van der Waals surface area (Å²) < 4.78 is 11.3. The van der Waals surface area contributed by atoms with Gasteiger partial charge < -0.3 is 20.0 Å². The van der Waals surface area contributed by atoms with Gasteiger partial charge >= 0.3 is 6.16 Å². The van der Waals surface area contributed by atoms with Crippen LogP contribution in [-0.4, -0.2) is 48.4 Å². The summed E-state index contributed by atoms with van der Waals surface area (Å²) in [5.74, 6) is 0.0300. The molecule has 0 unspecified atom stereocenters. The maximum atomic E-state index is 12.7. The van der Waals surface area contributed by atoms with E-state index in [0.29, 0.717) is 10.8 Å². The largest absolute Gasteiger partial charge is 0.512 e. The average Bonchev–Trinajstić information content (AvgIpc) is 2.78. The molecule has 2 rings (SSSR count). The van der Waals surface area contributed by atoms with Gasteiger partial charge in [-0.05, 0) is 31.0 Å². The van der Waals surface area contributed by atoms with Gasteiger partial charge in [-0.3, -0.25) is 9.69 Å². The Labute approximate surface area is 160 Å². The SMILES string of the molecule is CC(C)C(C)(C)[Si](C)(C)O[C@H](C)[C@H]1C(=O)N2C(OC(=O)O)=C(CN)S[C@H]12. The number of carboxylic acid groups (broad SMARTS) is 1. The lowest BCUT2D eigenvalue weighted by Gasteiger charge is -2.49. The summed E-state index contributed by atoms with van der Waals surface area (Å²) in [7, 11) is -2.09. The molecule has 9 heteroatoms. The van der Waals surface area contributed by atoms with Crippen molar-refractivity contribution in [2.75, 3.05) is 6.54 Å². The van der Waals surface area contributed by atoms with Crippen LogP contribution in [0, 0.1) is 11.8 Å². The summed E-state index contributed by atoms with van der Waals surface area (Å²) in [4.78, 5) is 25.6. The zero-order chi connectivity index (χ0) is 20.0. The fraction of sp³-hybridized carbons (Fsp3) is 0.765. The molecule has 1 saturated heterocycles. The minimum Gasteiger partial charge on any atom is -0.449 e. The normalized spacial score (nSPS) is 24.7. The Balaban J connectivity index is 2.14. The summed E-state index contributed by atoms with van der Waals surface area (Å²) in [5, 5.41) is 8.75. The quantitative estimate of drug-likeness (QED) is 0.382. The van der Waals surface area contributed by atoms with Crippen molar-refractivity contribution < 1.29 is 23.9 Å².